The number of rotatable bonds is 7. The Morgan fingerprint density at radius 3 is 2.54 bits per heavy atom. The lowest BCUT2D eigenvalue weighted by atomic mass is 9.68. The summed E-state index contributed by atoms with van der Waals surface area (Å²) >= 11 is 0. The maximum Gasteiger partial charge on any atom is 0.248 e. The summed E-state index contributed by atoms with van der Waals surface area (Å²) in [4.78, 5) is 16.5. The number of carbonyl (C=O) groups excluding carboxylic acids is 1. The van der Waals surface area contributed by atoms with Gasteiger partial charge in [0.25, 0.3) is 0 Å². The van der Waals surface area contributed by atoms with E-state index in [0.717, 1.165) is 29.7 Å². The van der Waals surface area contributed by atoms with Gasteiger partial charge in [0, 0.05) is 23.9 Å². The number of hydrogen-bond acceptors (Lipinski definition) is 2. The number of para-hydroxylation sites is 1. The zero-order chi connectivity index (χ0) is 25.4. The minimum absolute atomic E-state index is 0.00266. The van der Waals surface area contributed by atoms with Crippen molar-refractivity contribution in [3.05, 3.63) is 119 Å². The fraction of sp³-hybridized carbons (Fsp3) is 0.290. The van der Waals surface area contributed by atoms with Crippen LogP contribution in [0.15, 0.2) is 107 Å². The van der Waals surface area contributed by atoms with E-state index in [0.29, 0.717) is 5.69 Å². The number of hydrogen-bond donors (Lipinski definition) is 1. The van der Waals surface area contributed by atoms with Crippen LogP contribution in [0.3, 0.4) is 0 Å². The van der Waals surface area contributed by atoms with Crippen LogP contribution in [-0.4, -0.2) is 10.9 Å². The number of pyridine rings is 1. The molecule has 0 saturated carbocycles. The van der Waals surface area contributed by atoms with Gasteiger partial charge in [0.2, 0.25) is 5.91 Å². The van der Waals surface area contributed by atoms with E-state index < -0.39 is 0 Å². The van der Waals surface area contributed by atoms with Gasteiger partial charge in [0.05, 0.1) is 5.69 Å². The van der Waals surface area contributed by atoms with Gasteiger partial charge >= 0.3 is 0 Å². The van der Waals surface area contributed by atoms with Gasteiger partial charge in [0.1, 0.15) is 5.82 Å². The largest absolute Gasteiger partial charge is 0.323 e. The van der Waals surface area contributed by atoms with Crippen LogP contribution in [0.25, 0.3) is 0 Å². The van der Waals surface area contributed by atoms with Gasteiger partial charge < -0.3 is 5.32 Å². The van der Waals surface area contributed by atoms with Crippen LogP contribution in [0, 0.1) is 11.2 Å². The first kappa shape index (κ1) is 26.1. The third kappa shape index (κ3) is 7.22. The van der Waals surface area contributed by atoms with Crippen molar-refractivity contribution in [1.82, 2.24) is 4.98 Å². The quantitative estimate of drug-likeness (QED) is 0.328. The Labute approximate surface area is 208 Å². The van der Waals surface area contributed by atoms with Gasteiger partial charge in [-0.25, -0.2) is 4.39 Å². The number of halogens is 1. The van der Waals surface area contributed by atoms with E-state index in [2.05, 4.69) is 43.2 Å². The molecular formula is C31H35FN2O. The van der Waals surface area contributed by atoms with E-state index >= 15 is 0 Å². The lowest BCUT2D eigenvalue weighted by molar-refractivity contribution is -0.111. The van der Waals surface area contributed by atoms with Crippen LogP contribution >= 0.6 is 0 Å². The Kier molecular flexibility index (Phi) is 8.75. The van der Waals surface area contributed by atoms with Gasteiger partial charge in [0.15, 0.2) is 0 Å². The van der Waals surface area contributed by atoms with Crippen LogP contribution in [0.2, 0.25) is 0 Å². The molecule has 1 unspecified atom stereocenters. The molecule has 1 N–H and O–H groups in total. The summed E-state index contributed by atoms with van der Waals surface area (Å²) in [6.45, 7) is 10.5. The topological polar surface area (TPSA) is 42.0 Å². The summed E-state index contributed by atoms with van der Waals surface area (Å²) in [7, 11) is 0. The molecule has 0 saturated heterocycles. The average Bonchev–Trinajstić information content (AvgIpc) is 2.80. The number of nitrogens with one attached hydrogen (secondary N) is 1. The van der Waals surface area contributed by atoms with Gasteiger partial charge in [-0.05, 0) is 74.4 Å². The maximum atomic E-state index is 14.4. The number of nitrogens with zero attached hydrogens (tertiary/aromatic N) is 1. The Morgan fingerprint density at radius 2 is 1.83 bits per heavy atom. The third-order valence-corrected chi connectivity index (χ3v) is 6.48. The van der Waals surface area contributed by atoms with Crippen molar-refractivity contribution in [2.24, 2.45) is 5.41 Å². The minimum Gasteiger partial charge on any atom is -0.323 e. The molecule has 3 nitrogen and oxygen atoms in total. The second-order valence-electron chi connectivity index (χ2n) is 9.79. The normalized spacial score (nSPS) is 19.0. The van der Waals surface area contributed by atoms with Crippen molar-refractivity contribution in [2.75, 3.05) is 5.32 Å². The highest BCUT2D eigenvalue weighted by atomic mass is 19.1. The highest BCUT2D eigenvalue weighted by Crippen LogP contribution is 2.47. The molecule has 2 aromatic rings. The summed E-state index contributed by atoms with van der Waals surface area (Å²) in [6.07, 6.45) is 15.3. The highest BCUT2D eigenvalue weighted by molar-refractivity contribution is 5.99. The molecule has 1 aromatic heterocycles. The van der Waals surface area contributed by atoms with Crippen molar-refractivity contribution in [1.29, 1.82) is 0 Å². The van der Waals surface area contributed by atoms with Crippen molar-refractivity contribution >= 4 is 11.6 Å². The van der Waals surface area contributed by atoms with Crippen LogP contribution in [0.4, 0.5) is 10.1 Å². The van der Waals surface area contributed by atoms with Gasteiger partial charge in [-0.1, -0.05) is 73.6 Å². The van der Waals surface area contributed by atoms with E-state index in [1.165, 1.54) is 17.2 Å². The zero-order valence-corrected chi connectivity index (χ0v) is 21.3. The molecule has 1 aromatic carbocycles. The Morgan fingerprint density at radius 1 is 1.09 bits per heavy atom. The summed E-state index contributed by atoms with van der Waals surface area (Å²) < 4.78 is 14.4. The molecule has 182 valence electrons. The minimum atomic E-state index is -0.234. The summed E-state index contributed by atoms with van der Waals surface area (Å²) in [5.74, 6) is -0.385. The summed E-state index contributed by atoms with van der Waals surface area (Å²) in [5, 5.41) is 2.85. The lowest BCUT2D eigenvalue weighted by Gasteiger charge is -2.37. The van der Waals surface area contributed by atoms with Crippen LogP contribution in [0.1, 0.15) is 59.1 Å². The van der Waals surface area contributed by atoms with E-state index in [1.807, 2.05) is 62.4 Å². The van der Waals surface area contributed by atoms with Crippen molar-refractivity contribution in [3.8, 4) is 0 Å². The van der Waals surface area contributed by atoms with Crippen molar-refractivity contribution in [3.63, 3.8) is 0 Å². The molecule has 1 heterocycles. The second-order valence-corrected chi connectivity index (χ2v) is 9.79. The van der Waals surface area contributed by atoms with Gasteiger partial charge in [-0.3, -0.25) is 9.78 Å². The number of allylic oxidation sites excluding steroid dienone is 9. The first-order chi connectivity index (χ1) is 16.7. The Bertz CT molecular complexity index is 1200. The predicted octanol–water partition coefficient (Wildman–Crippen LogP) is 8.08. The van der Waals surface area contributed by atoms with E-state index in [1.54, 1.807) is 18.3 Å². The zero-order valence-electron chi connectivity index (χ0n) is 21.3. The van der Waals surface area contributed by atoms with Crippen LogP contribution in [-0.2, 0) is 4.79 Å². The molecule has 1 aliphatic rings. The number of carbonyl (C=O) groups is 1. The highest BCUT2D eigenvalue weighted by Gasteiger charge is 2.34. The smallest absolute Gasteiger partial charge is 0.248 e. The number of benzene rings is 1. The number of amides is 1. The van der Waals surface area contributed by atoms with Gasteiger partial charge in [-0.15, -0.1) is 0 Å². The molecule has 0 radical (unpaired) electrons. The molecule has 0 fully saturated rings. The van der Waals surface area contributed by atoms with E-state index in [9.17, 15) is 9.18 Å². The molecule has 35 heavy (non-hydrogen) atoms. The fourth-order valence-corrected chi connectivity index (χ4v) is 4.51. The molecule has 1 amide bonds. The van der Waals surface area contributed by atoms with E-state index in [4.69, 9.17) is 0 Å². The molecule has 0 spiro atoms. The Balaban J connectivity index is 1.70. The van der Waals surface area contributed by atoms with E-state index in [-0.39, 0.29) is 23.1 Å². The molecule has 4 heteroatoms. The SMILES string of the molecule is CC1=C(/C=C/C(C)=C/C=C/C(C)=C\C(=O)Nc2ccccc2)C(C)(C)CCC1c1ncccc1F. The molecule has 1 atom stereocenters. The van der Waals surface area contributed by atoms with Crippen molar-refractivity contribution in [2.45, 2.75) is 53.4 Å². The third-order valence-electron chi connectivity index (χ3n) is 6.48. The number of anilines is 1. The van der Waals surface area contributed by atoms with Crippen LogP contribution in [0.5, 0.6) is 0 Å². The molecule has 1 aliphatic carbocycles. The standard InChI is InChI=1S/C31H35FN2O/c1-22(11-9-12-23(2)21-29(35)34-25-13-7-6-8-14-25)16-17-27-24(3)26(18-19-31(27,4)5)30-28(32)15-10-20-33-30/h6-17,20-21,26H,18-19H2,1-5H3,(H,34,35)/b12-9+,17-16+,22-11+,23-21-. The second kappa shape index (κ2) is 11.7. The Hall–Kier alpha value is -3.53. The van der Waals surface area contributed by atoms with Crippen molar-refractivity contribution < 1.29 is 9.18 Å². The molecule has 3 rings (SSSR count). The summed E-state index contributed by atoms with van der Waals surface area (Å²) in [5.41, 5.74) is 5.70. The fourth-order valence-electron chi connectivity index (χ4n) is 4.51. The average molecular weight is 471 g/mol. The maximum absolute atomic E-state index is 14.4. The lowest BCUT2D eigenvalue weighted by Crippen LogP contribution is -2.24. The first-order valence-electron chi connectivity index (χ1n) is 12.1. The van der Waals surface area contributed by atoms with Gasteiger partial charge in [-0.2, -0.15) is 0 Å². The summed E-state index contributed by atoms with van der Waals surface area (Å²) in [6, 6.07) is 12.5. The molecule has 0 bridgehead atoms. The van der Waals surface area contributed by atoms with Crippen LogP contribution < -0.4 is 5.32 Å². The first-order valence-corrected chi connectivity index (χ1v) is 12.1. The monoisotopic (exact) mass is 470 g/mol. The molecular weight excluding hydrogens is 435 g/mol. The predicted molar refractivity (Wildman–Crippen MR) is 144 cm³/mol. The number of aromatic nitrogens is 1. The molecule has 0 aliphatic heterocycles.